The summed E-state index contributed by atoms with van der Waals surface area (Å²) in [5, 5.41) is 0. The average molecular weight is 246 g/mol. The van der Waals surface area contributed by atoms with Gasteiger partial charge in [0.2, 0.25) is 0 Å². The van der Waals surface area contributed by atoms with Crippen LogP contribution in [0, 0.1) is 6.92 Å². The molecule has 18 heavy (non-hydrogen) atoms. The van der Waals surface area contributed by atoms with Crippen LogP contribution in [0.5, 0.6) is 5.75 Å². The van der Waals surface area contributed by atoms with Crippen molar-refractivity contribution in [2.75, 3.05) is 6.61 Å². The van der Waals surface area contributed by atoms with Crippen molar-refractivity contribution < 1.29 is 4.74 Å². The van der Waals surface area contributed by atoms with E-state index < -0.39 is 11.2 Å². The lowest BCUT2D eigenvalue weighted by molar-refractivity contribution is 0.340. The first-order chi connectivity index (χ1) is 8.61. The molecule has 94 valence electrons. The Hall–Kier alpha value is -2.30. The highest BCUT2D eigenvalue weighted by Crippen LogP contribution is 2.22. The van der Waals surface area contributed by atoms with E-state index >= 15 is 0 Å². The molecule has 0 amide bonds. The molecular weight excluding hydrogens is 232 g/mol. The topological polar surface area (TPSA) is 75.0 Å². The molecule has 2 aromatic rings. The number of aryl methyl sites for hydroxylation is 1. The maximum Gasteiger partial charge on any atom is 0.325 e. The van der Waals surface area contributed by atoms with Crippen molar-refractivity contribution >= 4 is 0 Å². The Bertz CT molecular complexity index is 670. The van der Waals surface area contributed by atoms with Crippen molar-refractivity contribution in [1.29, 1.82) is 0 Å². The number of rotatable bonds is 3. The van der Waals surface area contributed by atoms with Crippen molar-refractivity contribution in [3.8, 4) is 16.9 Å². The third-order valence-electron chi connectivity index (χ3n) is 2.56. The van der Waals surface area contributed by atoms with Crippen molar-refractivity contribution in [2.24, 2.45) is 0 Å². The summed E-state index contributed by atoms with van der Waals surface area (Å²) in [6.45, 7) is 4.15. The van der Waals surface area contributed by atoms with Gasteiger partial charge < -0.3 is 9.72 Å². The summed E-state index contributed by atoms with van der Waals surface area (Å²) in [4.78, 5) is 27.7. The Kier molecular flexibility index (Phi) is 3.32. The van der Waals surface area contributed by atoms with E-state index in [0.29, 0.717) is 23.6 Å². The molecule has 0 atom stereocenters. The quantitative estimate of drug-likeness (QED) is 0.860. The lowest BCUT2D eigenvalue weighted by Crippen LogP contribution is -2.24. The molecule has 5 heteroatoms. The van der Waals surface area contributed by atoms with E-state index in [1.165, 1.54) is 0 Å². The van der Waals surface area contributed by atoms with Crippen LogP contribution in [0.4, 0.5) is 0 Å². The summed E-state index contributed by atoms with van der Waals surface area (Å²) in [6, 6.07) is 7.21. The lowest BCUT2D eigenvalue weighted by Gasteiger charge is -2.07. The van der Waals surface area contributed by atoms with E-state index in [-0.39, 0.29) is 0 Å². The zero-order valence-electron chi connectivity index (χ0n) is 10.2. The highest BCUT2D eigenvalue weighted by molar-refractivity contribution is 5.66. The predicted octanol–water partition coefficient (Wildman–Crippen LogP) is 1.44. The number of aromatic amines is 2. The maximum atomic E-state index is 11.8. The van der Waals surface area contributed by atoms with Crippen molar-refractivity contribution in [2.45, 2.75) is 13.8 Å². The van der Waals surface area contributed by atoms with Crippen molar-refractivity contribution in [3.05, 3.63) is 50.8 Å². The normalized spacial score (nSPS) is 10.3. The fraction of sp³-hybridized carbons (Fsp3) is 0.231. The van der Waals surface area contributed by atoms with Gasteiger partial charge in [-0.25, -0.2) is 4.79 Å². The number of benzene rings is 1. The fourth-order valence-electron chi connectivity index (χ4n) is 1.86. The van der Waals surface area contributed by atoms with E-state index in [2.05, 4.69) is 9.97 Å². The molecule has 0 fully saturated rings. The predicted molar refractivity (Wildman–Crippen MR) is 69.0 cm³/mol. The van der Waals surface area contributed by atoms with Gasteiger partial charge in [0.1, 0.15) is 5.75 Å². The van der Waals surface area contributed by atoms with Gasteiger partial charge in [0, 0.05) is 5.69 Å². The molecule has 0 aliphatic heterocycles. The molecule has 0 unspecified atom stereocenters. The smallest absolute Gasteiger partial charge is 0.325 e. The van der Waals surface area contributed by atoms with E-state index in [0.717, 1.165) is 5.56 Å². The molecule has 1 heterocycles. The summed E-state index contributed by atoms with van der Waals surface area (Å²) >= 11 is 0. The van der Waals surface area contributed by atoms with Gasteiger partial charge in [0.25, 0.3) is 5.56 Å². The molecule has 5 nitrogen and oxygen atoms in total. The van der Waals surface area contributed by atoms with Crippen LogP contribution in [0.25, 0.3) is 11.1 Å². The van der Waals surface area contributed by atoms with E-state index in [1.54, 1.807) is 19.1 Å². The molecule has 0 radical (unpaired) electrons. The fourth-order valence-corrected chi connectivity index (χ4v) is 1.86. The third-order valence-corrected chi connectivity index (χ3v) is 2.56. The van der Waals surface area contributed by atoms with Crippen LogP contribution < -0.4 is 16.0 Å². The second-order valence-electron chi connectivity index (χ2n) is 3.87. The zero-order valence-corrected chi connectivity index (χ0v) is 10.2. The van der Waals surface area contributed by atoms with Gasteiger partial charge in [0.05, 0.1) is 12.2 Å². The molecule has 0 aliphatic rings. The molecule has 0 bridgehead atoms. The van der Waals surface area contributed by atoms with Crippen molar-refractivity contribution in [3.63, 3.8) is 0 Å². The summed E-state index contributed by atoms with van der Waals surface area (Å²) in [5.74, 6) is 0.694. The van der Waals surface area contributed by atoms with Crippen LogP contribution in [0.2, 0.25) is 0 Å². The van der Waals surface area contributed by atoms with Gasteiger partial charge in [-0.15, -0.1) is 0 Å². The number of ether oxygens (including phenoxy) is 1. The van der Waals surface area contributed by atoms with Gasteiger partial charge in [0.15, 0.2) is 0 Å². The van der Waals surface area contributed by atoms with Crippen LogP contribution in [-0.4, -0.2) is 16.6 Å². The molecule has 2 N–H and O–H groups in total. The standard InChI is InChI=1S/C13H14N2O3/c1-3-18-10-6-4-5-9(7-10)11-8(2)14-13(17)15-12(11)16/h4-7H,3H2,1-2H3,(H2,14,15,16,17). The Balaban J connectivity index is 2.59. The van der Waals surface area contributed by atoms with Crippen molar-refractivity contribution in [1.82, 2.24) is 9.97 Å². The molecular formula is C13H14N2O3. The molecule has 0 saturated heterocycles. The second kappa shape index (κ2) is 4.91. The van der Waals surface area contributed by atoms with Crippen LogP contribution in [0.3, 0.4) is 0 Å². The third kappa shape index (κ3) is 2.34. The van der Waals surface area contributed by atoms with Crippen LogP contribution in [-0.2, 0) is 0 Å². The second-order valence-corrected chi connectivity index (χ2v) is 3.87. The van der Waals surface area contributed by atoms with Crippen LogP contribution in [0.15, 0.2) is 33.9 Å². The Morgan fingerprint density at radius 3 is 2.67 bits per heavy atom. The minimum absolute atomic E-state index is 0.398. The Labute approximate surface area is 103 Å². The molecule has 1 aromatic heterocycles. The largest absolute Gasteiger partial charge is 0.494 e. The van der Waals surface area contributed by atoms with Crippen LogP contribution >= 0.6 is 0 Å². The zero-order chi connectivity index (χ0) is 13.1. The minimum Gasteiger partial charge on any atom is -0.494 e. The lowest BCUT2D eigenvalue weighted by atomic mass is 10.1. The molecule has 2 rings (SSSR count). The highest BCUT2D eigenvalue weighted by Gasteiger charge is 2.09. The van der Waals surface area contributed by atoms with Gasteiger partial charge in [-0.3, -0.25) is 9.78 Å². The SMILES string of the molecule is CCOc1cccc(-c2c(C)[nH]c(=O)[nH]c2=O)c1. The van der Waals surface area contributed by atoms with Gasteiger partial charge in [-0.2, -0.15) is 0 Å². The number of nitrogens with one attached hydrogen (secondary N) is 2. The summed E-state index contributed by atoms with van der Waals surface area (Å²) < 4.78 is 5.39. The molecule has 0 spiro atoms. The maximum absolute atomic E-state index is 11.8. The first-order valence-electron chi connectivity index (χ1n) is 5.68. The van der Waals surface area contributed by atoms with E-state index in [4.69, 9.17) is 4.74 Å². The Morgan fingerprint density at radius 1 is 1.22 bits per heavy atom. The number of hydrogen-bond donors (Lipinski definition) is 2. The first kappa shape index (κ1) is 12.2. The monoisotopic (exact) mass is 246 g/mol. The summed E-state index contributed by atoms with van der Waals surface area (Å²) in [6.07, 6.45) is 0. The summed E-state index contributed by atoms with van der Waals surface area (Å²) in [5.41, 5.74) is 0.816. The number of aromatic nitrogens is 2. The van der Waals surface area contributed by atoms with Gasteiger partial charge in [-0.05, 0) is 31.5 Å². The highest BCUT2D eigenvalue weighted by atomic mass is 16.5. The number of H-pyrrole nitrogens is 2. The minimum atomic E-state index is -0.498. The number of hydrogen-bond acceptors (Lipinski definition) is 3. The average Bonchev–Trinajstić information content (AvgIpc) is 2.28. The van der Waals surface area contributed by atoms with Crippen LogP contribution in [0.1, 0.15) is 12.6 Å². The van der Waals surface area contributed by atoms with Gasteiger partial charge in [-0.1, -0.05) is 12.1 Å². The van der Waals surface area contributed by atoms with E-state index in [1.807, 2.05) is 19.1 Å². The molecule has 1 aromatic carbocycles. The summed E-state index contributed by atoms with van der Waals surface area (Å²) in [7, 11) is 0. The van der Waals surface area contributed by atoms with Gasteiger partial charge >= 0.3 is 5.69 Å². The molecule has 0 aliphatic carbocycles. The molecule has 0 saturated carbocycles. The first-order valence-corrected chi connectivity index (χ1v) is 5.68. The Morgan fingerprint density at radius 2 is 2.00 bits per heavy atom. The van der Waals surface area contributed by atoms with E-state index in [9.17, 15) is 9.59 Å².